The highest BCUT2D eigenvalue weighted by Gasteiger charge is 2.18. The van der Waals surface area contributed by atoms with Gasteiger partial charge >= 0.3 is 5.97 Å². The fraction of sp³-hybridized carbons (Fsp3) is 0.828. The number of amides is 1. The van der Waals surface area contributed by atoms with Gasteiger partial charge in [-0.1, -0.05) is 236 Å². The average molecular weight is 898 g/mol. The minimum absolute atomic E-state index is 0.0478. The monoisotopic (exact) mass is 898 g/mol. The molecule has 0 saturated heterocycles. The summed E-state index contributed by atoms with van der Waals surface area (Å²) in [7, 11) is 0. The van der Waals surface area contributed by atoms with Gasteiger partial charge in [0.2, 0.25) is 5.91 Å². The Morgan fingerprint density at radius 3 is 1.25 bits per heavy atom. The quantitative estimate of drug-likeness (QED) is 0.0321. The van der Waals surface area contributed by atoms with Crippen molar-refractivity contribution in [2.45, 2.75) is 296 Å². The zero-order valence-electron chi connectivity index (χ0n) is 42.5. The Morgan fingerprint density at radius 1 is 0.438 bits per heavy atom. The number of unbranched alkanes of at least 4 members (excludes halogenated alkanes) is 34. The van der Waals surface area contributed by atoms with E-state index in [-0.39, 0.29) is 18.5 Å². The number of esters is 1. The highest BCUT2D eigenvalue weighted by Crippen LogP contribution is 2.16. The maximum atomic E-state index is 12.5. The average Bonchev–Trinajstić information content (AvgIpc) is 3.29. The van der Waals surface area contributed by atoms with Gasteiger partial charge in [0.1, 0.15) is 0 Å². The van der Waals surface area contributed by atoms with Gasteiger partial charge in [-0.25, -0.2) is 0 Å². The number of rotatable bonds is 51. The summed E-state index contributed by atoms with van der Waals surface area (Å²) in [5.74, 6) is -0.145. The molecule has 6 nitrogen and oxygen atoms in total. The van der Waals surface area contributed by atoms with Gasteiger partial charge in [0.05, 0.1) is 25.4 Å². The van der Waals surface area contributed by atoms with Gasteiger partial charge in [-0.2, -0.15) is 0 Å². The van der Waals surface area contributed by atoms with E-state index in [9.17, 15) is 19.8 Å². The molecule has 0 aromatic heterocycles. The molecule has 0 heterocycles. The van der Waals surface area contributed by atoms with Crippen molar-refractivity contribution in [2.75, 3.05) is 13.2 Å². The molecule has 0 aliphatic carbocycles. The number of aliphatic hydroxyl groups excluding tert-OH is 2. The van der Waals surface area contributed by atoms with Crippen LogP contribution in [0.15, 0.2) is 48.6 Å². The Hall–Kier alpha value is -2.18. The van der Waals surface area contributed by atoms with E-state index in [2.05, 4.69) is 55.6 Å². The highest BCUT2D eigenvalue weighted by atomic mass is 16.5. The summed E-state index contributed by atoms with van der Waals surface area (Å²) in [4.78, 5) is 24.5. The van der Waals surface area contributed by atoms with Crippen LogP contribution in [-0.4, -0.2) is 47.4 Å². The Balaban J connectivity index is 3.56. The first-order chi connectivity index (χ1) is 31.5. The summed E-state index contributed by atoms with van der Waals surface area (Å²) < 4.78 is 5.43. The van der Waals surface area contributed by atoms with Crippen molar-refractivity contribution in [1.29, 1.82) is 0 Å². The largest absolute Gasteiger partial charge is 0.466 e. The van der Waals surface area contributed by atoms with Gasteiger partial charge in [-0.15, -0.1) is 0 Å². The number of carbonyl (C=O) groups excluding carboxylic acids is 2. The maximum Gasteiger partial charge on any atom is 0.305 e. The zero-order chi connectivity index (χ0) is 46.5. The van der Waals surface area contributed by atoms with Crippen molar-refractivity contribution >= 4 is 11.9 Å². The zero-order valence-corrected chi connectivity index (χ0v) is 42.5. The predicted octanol–water partition coefficient (Wildman–Crippen LogP) is 17.0. The van der Waals surface area contributed by atoms with Crippen LogP contribution < -0.4 is 5.32 Å². The predicted molar refractivity (Wildman–Crippen MR) is 278 cm³/mol. The first kappa shape index (κ1) is 61.8. The number of ether oxygens (including phenoxy) is 1. The third-order valence-corrected chi connectivity index (χ3v) is 12.6. The van der Waals surface area contributed by atoms with Crippen molar-refractivity contribution in [1.82, 2.24) is 5.32 Å². The Bertz CT molecular complexity index is 1080. The fourth-order valence-corrected chi connectivity index (χ4v) is 8.23. The van der Waals surface area contributed by atoms with Crippen molar-refractivity contribution < 1.29 is 24.5 Å². The summed E-state index contributed by atoms with van der Waals surface area (Å²) in [5.41, 5.74) is 0. The van der Waals surface area contributed by atoms with E-state index in [1.807, 2.05) is 6.08 Å². The molecule has 0 aromatic rings. The van der Waals surface area contributed by atoms with Gasteiger partial charge < -0.3 is 20.3 Å². The van der Waals surface area contributed by atoms with E-state index in [0.29, 0.717) is 19.4 Å². The minimum Gasteiger partial charge on any atom is -0.466 e. The second-order valence-corrected chi connectivity index (χ2v) is 18.9. The molecule has 3 N–H and O–H groups in total. The molecular formula is C58H107NO5. The maximum absolute atomic E-state index is 12.5. The van der Waals surface area contributed by atoms with Crippen LogP contribution in [-0.2, 0) is 14.3 Å². The summed E-state index contributed by atoms with van der Waals surface area (Å²) in [5, 5.41) is 23.1. The highest BCUT2D eigenvalue weighted by molar-refractivity contribution is 5.76. The smallest absolute Gasteiger partial charge is 0.305 e. The van der Waals surface area contributed by atoms with Crippen molar-refractivity contribution in [3.05, 3.63) is 48.6 Å². The van der Waals surface area contributed by atoms with E-state index >= 15 is 0 Å². The topological polar surface area (TPSA) is 95.9 Å². The molecule has 0 radical (unpaired) electrons. The van der Waals surface area contributed by atoms with Crippen LogP contribution in [0.5, 0.6) is 0 Å². The van der Waals surface area contributed by atoms with E-state index in [4.69, 9.17) is 4.74 Å². The third-order valence-electron chi connectivity index (χ3n) is 12.6. The number of allylic oxidation sites excluding steroid dienone is 7. The first-order valence-corrected chi connectivity index (χ1v) is 27.9. The summed E-state index contributed by atoms with van der Waals surface area (Å²) in [6.07, 6.45) is 67.0. The number of hydrogen-bond donors (Lipinski definition) is 3. The molecule has 374 valence electrons. The lowest BCUT2D eigenvalue weighted by atomic mass is 10.0. The van der Waals surface area contributed by atoms with Gasteiger partial charge in [0.15, 0.2) is 0 Å². The van der Waals surface area contributed by atoms with Gasteiger partial charge in [0.25, 0.3) is 0 Å². The van der Waals surface area contributed by atoms with Crippen LogP contribution in [0.25, 0.3) is 0 Å². The second kappa shape index (κ2) is 53.4. The Morgan fingerprint density at radius 2 is 0.797 bits per heavy atom. The van der Waals surface area contributed by atoms with Crippen molar-refractivity contribution in [3.8, 4) is 0 Å². The van der Waals surface area contributed by atoms with Crippen LogP contribution >= 0.6 is 0 Å². The molecule has 0 aromatic carbocycles. The van der Waals surface area contributed by atoms with Crippen LogP contribution in [0.2, 0.25) is 0 Å². The Kier molecular flexibility index (Phi) is 51.6. The summed E-state index contributed by atoms with van der Waals surface area (Å²) in [6, 6.07) is -0.652. The fourth-order valence-electron chi connectivity index (χ4n) is 8.23. The normalized spacial score (nSPS) is 13.0. The molecule has 0 rings (SSSR count). The lowest BCUT2D eigenvalue weighted by Crippen LogP contribution is -2.45. The van der Waals surface area contributed by atoms with Crippen molar-refractivity contribution in [3.63, 3.8) is 0 Å². The summed E-state index contributed by atoms with van der Waals surface area (Å²) >= 11 is 0. The van der Waals surface area contributed by atoms with Crippen LogP contribution in [0.4, 0.5) is 0 Å². The second-order valence-electron chi connectivity index (χ2n) is 18.9. The first-order valence-electron chi connectivity index (χ1n) is 27.9. The van der Waals surface area contributed by atoms with Gasteiger partial charge in [-0.05, 0) is 83.5 Å². The molecule has 1 amide bonds. The number of carbonyl (C=O) groups is 2. The molecule has 0 fully saturated rings. The molecule has 64 heavy (non-hydrogen) atoms. The van der Waals surface area contributed by atoms with E-state index in [1.54, 1.807) is 6.08 Å². The van der Waals surface area contributed by atoms with E-state index in [0.717, 1.165) is 96.3 Å². The molecule has 2 unspecified atom stereocenters. The molecule has 0 spiro atoms. The molecule has 2 atom stereocenters. The SMILES string of the molecule is CCCC/C=C\C/C=C\CCCCCCCC(=O)OCCCC/C=C\CCCCCCCC(=O)NC(CO)C(O)/C=C/CCCCCCCCCCCCCCCCCCCCCC. The minimum atomic E-state index is -0.865. The lowest BCUT2D eigenvalue weighted by molar-refractivity contribution is -0.143. The summed E-state index contributed by atoms with van der Waals surface area (Å²) in [6.45, 7) is 4.78. The number of aliphatic hydroxyl groups is 2. The van der Waals surface area contributed by atoms with Crippen LogP contribution in [0, 0.1) is 0 Å². The van der Waals surface area contributed by atoms with Crippen LogP contribution in [0.3, 0.4) is 0 Å². The molecule has 0 bridgehead atoms. The lowest BCUT2D eigenvalue weighted by Gasteiger charge is -2.20. The molecular weight excluding hydrogens is 791 g/mol. The molecule has 0 aliphatic heterocycles. The molecule has 6 heteroatoms. The molecule has 0 aliphatic rings. The van der Waals surface area contributed by atoms with E-state index < -0.39 is 12.1 Å². The number of nitrogens with one attached hydrogen (secondary N) is 1. The van der Waals surface area contributed by atoms with Gasteiger partial charge in [-0.3, -0.25) is 9.59 Å². The van der Waals surface area contributed by atoms with Crippen LogP contribution in [0.1, 0.15) is 284 Å². The van der Waals surface area contributed by atoms with Gasteiger partial charge in [0, 0.05) is 12.8 Å². The third kappa shape index (κ3) is 49.3. The van der Waals surface area contributed by atoms with E-state index in [1.165, 1.54) is 161 Å². The Labute approximate surface area is 397 Å². The van der Waals surface area contributed by atoms with Crippen molar-refractivity contribution in [2.24, 2.45) is 0 Å². The number of hydrogen-bond acceptors (Lipinski definition) is 5. The standard InChI is InChI=1S/C58H107NO5/c1-3-5-7-9-11-13-15-17-19-20-21-22-23-24-25-26-27-30-34-38-42-46-50-56(61)55(54-60)59-57(62)51-47-43-39-35-31-29-33-37-41-45-49-53-64-58(63)52-48-44-40-36-32-28-18-16-14-12-10-8-6-4-2/h10,12,16,18,33,37,46,50,55-56,60-61H,3-9,11,13-15,17,19-32,34-36,38-45,47-49,51-54H2,1-2H3,(H,59,62)/b12-10-,18-16-,37-33-,50-46+. The molecule has 0 saturated carbocycles.